The minimum atomic E-state index is -0.388. The van der Waals surface area contributed by atoms with Crippen LogP contribution in [0.5, 0.6) is 0 Å². The highest BCUT2D eigenvalue weighted by Crippen LogP contribution is 2.39. The Morgan fingerprint density at radius 2 is 1.96 bits per heavy atom. The second kappa shape index (κ2) is 7.31. The normalized spacial score (nSPS) is 30.2. The Hall–Kier alpha value is -2.41. The lowest BCUT2D eigenvalue weighted by Crippen LogP contribution is -2.53. The summed E-state index contributed by atoms with van der Waals surface area (Å²) in [5.74, 6) is 0.587. The summed E-state index contributed by atoms with van der Waals surface area (Å²) in [6.45, 7) is 0.209. The van der Waals surface area contributed by atoms with Crippen molar-refractivity contribution in [1.29, 1.82) is 0 Å². The number of amides is 4. The molecule has 7 nitrogen and oxygen atoms in total. The van der Waals surface area contributed by atoms with E-state index < -0.39 is 0 Å². The first-order valence-corrected chi connectivity index (χ1v) is 9.75. The number of carbonyl (C=O) groups is 3. The first-order chi connectivity index (χ1) is 13.0. The van der Waals surface area contributed by atoms with E-state index >= 15 is 0 Å². The summed E-state index contributed by atoms with van der Waals surface area (Å²) in [5.41, 5.74) is 7.50. The van der Waals surface area contributed by atoms with Crippen molar-refractivity contribution in [2.45, 2.75) is 50.7 Å². The standard InChI is InChI=1S/C20H26N4O3/c21-16-8-13-4-2-5-14(9-16)18(13)23-19(26)15-6-1-3-12(7-15)11-24-17(25)10-22-20(24)27/h1,3,6-7,13-14,16,18H,2,4-5,8-11,21H2,(H,22,27)(H,23,26). The van der Waals surface area contributed by atoms with Gasteiger partial charge in [0, 0.05) is 17.6 Å². The minimum absolute atomic E-state index is 0.0333. The van der Waals surface area contributed by atoms with Gasteiger partial charge in [-0.25, -0.2) is 4.79 Å². The van der Waals surface area contributed by atoms with Gasteiger partial charge < -0.3 is 16.4 Å². The van der Waals surface area contributed by atoms with Gasteiger partial charge in [0.2, 0.25) is 5.91 Å². The number of nitrogens with two attached hydrogens (primary N) is 1. The van der Waals surface area contributed by atoms with Crippen LogP contribution in [0, 0.1) is 11.8 Å². The third-order valence-electron chi connectivity index (χ3n) is 6.14. The van der Waals surface area contributed by atoms with Crippen molar-refractivity contribution in [3.63, 3.8) is 0 Å². The van der Waals surface area contributed by atoms with Crippen LogP contribution in [0.2, 0.25) is 0 Å². The van der Waals surface area contributed by atoms with Crippen LogP contribution >= 0.6 is 0 Å². The molecule has 1 aliphatic heterocycles. The molecule has 1 aromatic rings. The molecular formula is C20H26N4O3. The molecule has 2 aliphatic carbocycles. The van der Waals surface area contributed by atoms with E-state index in [2.05, 4.69) is 10.6 Å². The van der Waals surface area contributed by atoms with Crippen LogP contribution in [-0.4, -0.2) is 41.4 Å². The van der Waals surface area contributed by atoms with Gasteiger partial charge in [-0.05, 0) is 55.2 Å². The smallest absolute Gasteiger partial charge is 0.324 e. The molecule has 2 unspecified atom stereocenters. The number of hydrogen-bond acceptors (Lipinski definition) is 4. The van der Waals surface area contributed by atoms with Crippen LogP contribution in [0.25, 0.3) is 0 Å². The van der Waals surface area contributed by atoms with E-state index in [0.29, 0.717) is 17.4 Å². The van der Waals surface area contributed by atoms with Crippen LogP contribution in [0.15, 0.2) is 24.3 Å². The van der Waals surface area contributed by atoms with E-state index in [-0.39, 0.29) is 43.0 Å². The number of imide groups is 1. The van der Waals surface area contributed by atoms with E-state index in [0.717, 1.165) is 31.2 Å². The first kappa shape index (κ1) is 18.0. The third-order valence-corrected chi connectivity index (χ3v) is 6.14. The van der Waals surface area contributed by atoms with Gasteiger partial charge in [-0.1, -0.05) is 18.6 Å². The van der Waals surface area contributed by atoms with Gasteiger partial charge in [-0.15, -0.1) is 0 Å². The zero-order valence-corrected chi connectivity index (χ0v) is 15.3. The highest BCUT2D eigenvalue weighted by molar-refractivity contribution is 6.02. The Bertz CT molecular complexity index is 735. The molecule has 4 amide bonds. The van der Waals surface area contributed by atoms with E-state index in [1.807, 2.05) is 6.07 Å². The van der Waals surface area contributed by atoms with Crippen LogP contribution in [0.3, 0.4) is 0 Å². The molecule has 0 aromatic heterocycles. The molecule has 3 fully saturated rings. The first-order valence-electron chi connectivity index (χ1n) is 9.75. The van der Waals surface area contributed by atoms with Crippen LogP contribution in [-0.2, 0) is 11.3 Å². The monoisotopic (exact) mass is 370 g/mol. The summed E-state index contributed by atoms with van der Waals surface area (Å²) in [5, 5.41) is 5.75. The number of nitrogens with one attached hydrogen (secondary N) is 2. The number of benzene rings is 1. The molecule has 2 bridgehead atoms. The molecule has 1 heterocycles. The number of carbonyl (C=O) groups excluding carboxylic acids is 3. The number of fused-ring (bicyclic) bond motifs is 2. The van der Waals surface area contributed by atoms with Gasteiger partial charge in [-0.2, -0.15) is 0 Å². The van der Waals surface area contributed by atoms with Gasteiger partial charge >= 0.3 is 6.03 Å². The second-order valence-electron chi connectivity index (χ2n) is 8.02. The summed E-state index contributed by atoms with van der Waals surface area (Å²) in [6, 6.07) is 7.21. The number of rotatable bonds is 4. The fourth-order valence-corrected chi connectivity index (χ4v) is 4.87. The topological polar surface area (TPSA) is 105 Å². The summed E-state index contributed by atoms with van der Waals surface area (Å²) in [6.07, 6.45) is 5.43. The van der Waals surface area contributed by atoms with Crippen molar-refractivity contribution >= 4 is 17.8 Å². The number of hydrogen-bond donors (Lipinski definition) is 3. The number of urea groups is 1. The Labute approximate surface area is 158 Å². The summed E-state index contributed by atoms with van der Waals surface area (Å²) < 4.78 is 0. The maximum atomic E-state index is 12.8. The fraction of sp³-hybridized carbons (Fsp3) is 0.550. The van der Waals surface area contributed by atoms with E-state index in [1.165, 1.54) is 11.3 Å². The van der Waals surface area contributed by atoms with Crippen molar-refractivity contribution in [2.24, 2.45) is 17.6 Å². The molecule has 27 heavy (non-hydrogen) atoms. The highest BCUT2D eigenvalue weighted by Gasteiger charge is 2.40. The molecule has 7 heteroatoms. The zero-order valence-electron chi connectivity index (χ0n) is 15.3. The van der Waals surface area contributed by atoms with Crippen LogP contribution < -0.4 is 16.4 Å². The lowest BCUT2D eigenvalue weighted by atomic mass is 9.67. The molecule has 0 spiro atoms. The molecule has 2 atom stereocenters. The van der Waals surface area contributed by atoms with Crippen molar-refractivity contribution in [1.82, 2.24) is 15.5 Å². The largest absolute Gasteiger partial charge is 0.349 e. The molecule has 0 radical (unpaired) electrons. The van der Waals surface area contributed by atoms with Gasteiger partial charge in [-0.3, -0.25) is 14.5 Å². The molecule has 4 N–H and O–H groups in total. The third kappa shape index (κ3) is 3.69. The fourth-order valence-electron chi connectivity index (χ4n) is 4.87. The molecule has 144 valence electrons. The van der Waals surface area contributed by atoms with Crippen molar-refractivity contribution in [2.75, 3.05) is 6.54 Å². The quantitative estimate of drug-likeness (QED) is 0.696. The zero-order chi connectivity index (χ0) is 19.0. The van der Waals surface area contributed by atoms with Crippen molar-refractivity contribution in [3.05, 3.63) is 35.4 Å². The molecule has 3 aliphatic rings. The maximum Gasteiger partial charge on any atom is 0.324 e. The lowest BCUT2D eigenvalue weighted by molar-refractivity contribution is -0.125. The SMILES string of the molecule is NC1CC2CCCC(C1)C2NC(=O)c1cccc(CN2C(=O)CNC2=O)c1. The van der Waals surface area contributed by atoms with Crippen LogP contribution in [0.1, 0.15) is 48.0 Å². The molecule has 4 rings (SSSR count). The average Bonchev–Trinajstić information content (AvgIpc) is 2.95. The summed E-state index contributed by atoms with van der Waals surface area (Å²) in [4.78, 5) is 37.5. The van der Waals surface area contributed by atoms with Gasteiger partial charge in [0.15, 0.2) is 0 Å². The molecule has 2 saturated carbocycles. The number of nitrogens with zero attached hydrogens (tertiary/aromatic N) is 1. The summed E-state index contributed by atoms with van der Waals surface area (Å²) in [7, 11) is 0. The van der Waals surface area contributed by atoms with Crippen molar-refractivity contribution < 1.29 is 14.4 Å². The Kier molecular flexibility index (Phi) is 4.86. The molecule has 1 saturated heterocycles. The maximum absolute atomic E-state index is 12.8. The highest BCUT2D eigenvalue weighted by atomic mass is 16.2. The van der Waals surface area contributed by atoms with Crippen LogP contribution in [0.4, 0.5) is 4.79 Å². The van der Waals surface area contributed by atoms with Crippen molar-refractivity contribution in [3.8, 4) is 0 Å². The molecule has 1 aromatic carbocycles. The second-order valence-corrected chi connectivity index (χ2v) is 8.02. The minimum Gasteiger partial charge on any atom is -0.349 e. The predicted octanol–water partition coefficient (Wildman–Crippen LogP) is 1.37. The predicted molar refractivity (Wildman–Crippen MR) is 99.7 cm³/mol. The Morgan fingerprint density at radius 1 is 1.22 bits per heavy atom. The Balaban J connectivity index is 1.45. The van der Waals surface area contributed by atoms with Gasteiger partial charge in [0.05, 0.1) is 13.1 Å². The Morgan fingerprint density at radius 3 is 2.63 bits per heavy atom. The van der Waals surface area contributed by atoms with Gasteiger partial charge in [0.25, 0.3) is 5.91 Å². The van der Waals surface area contributed by atoms with E-state index in [1.54, 1.807) is 18.2 Å². The van der Waals surface area contributed by atoms with E-state index in [9.17, 15) is 14.4 Å². The van der Waals surface area contributed by atoms with E-state index in [4.69, 9.17) is 5.73 Å². The molecular weight excluding hydrogens is 344 g/mol. The lowest BCUT2D eigenvalue weighted by Gasteiger charge is -2.45. The average molecular weight is 370 g/mol. The summed E-state index contributed by atoms with van der Waals surface area (Å²) >= 11 is 0. The van der Waals surface area contributed by atoms with Gasteiger partial charge in [0.1, 0.15) is 0 Å².